The van der Waals surface area contributed by atoms with Crippen LogP contribution in [0.2, 0.25) is 0 Å². The average Bonchev–Trinajstić information content (AvgIpc) is 3.02. The molecular formula is C17H15N3O4. The van der Waals surface area contributed by atoms with Crippen LogP contribution in [0.3, 0.4) is 0 Å². The standard InChI is InChI=1S/C17H15N3O4/c18-17(22)20-13-5-3-12(4-6-13)19-16(21)8-2-11-1-7-14-15(9-11)24-10-23-14/h1-9H,10H2,(H,19,21)(H3,18,20,22)/b8-2+. The fourth-order valence-corrected chi connectivity index (χ4v) is 2.15. The highest BCUT2D eigenvalue weighted by atomic mass is 16.7. The lowest BCUT2D eigenvalue weighted by Crippen LogP contribution is -2.19. The van der Waals surface area contributed by atoms with Crippen molar-refractivity contribution in [2.75, 3.05) is 17.4 Å². The lowest BCUT2D eigenvalue weighted by Gasteiger charge is -2.05. The summed E-state index contributed by atoms with van der Waals surface area (Å²) in [4.78, 5) is 22.7. The number of anilines is 2. The third kappa shape index (κ3) is 3.83. The van der Waals surface area contributed by atoms with Crippen molar-refractivity contribution in [2.45, 2.75) is 0 Å². The van der Waals surface area contributed by atoms with Crippen molar-refractivity contribution < 1.29 is 19.1 Å². The molecule has 0 saturated carbocycles. The first-order valence-corrected chi connectivity index (χ1v) is 7.15. The Morgan fingerprint density at radius 1 is 0.958 bits per heavy atom. The molecule has 0 aliphatic carbocycles. The number of carbonyl (C=O) groups is 2. The summed E-state index contributed by atoms with van der Waals surface area (Å²) in [6, 6.07) is 11.4. The Morgan fingerprint density at radius 2 is 1.62 bits per heavy atom. The fraction of sp³-hybridized carbons (Fsp3) is 0.0588. The molecule has 0 saturated heterocycles. The highest BCUT2D eigenvalue weighted by Gasteiger charge is 2.12. The summed E-state index contributed by atoms with van der Waals surface area (Å²) >= 11 is 0. The molecule has 0 bridgehead atoms. The van der Waals surface area contributed by atoms with Gasteiger partial charge >= 0.3 is 6.03 Å². The van der Waals surface area contributed by atoms with Gasteiger partial charge in [0.05, 0.1) is 0 Å². The zero-order valence-electron chi connectivity index (χ0n) is 12.6. The summed E-state index contributed by atoms with van der Waals surface area (Å²) in [5.41, 5.74) is 7.01. The second-order valence-corrected chi connectivity index (χ2v) is 5.00. The highest BCUT2D eigenvalue weighted by Crippen LogP contribution is 2.32. The van der Waals surface area contributed by atoms with Gasteiger partial charge in [-0.2, -0.15) is 0 Å². The lowest BCUT2D eigenvalue weighted by molar-refractivity contribution is -0.111. The van der Waals surface area contributed by atoms with Crippen LogP contribution in [0.4, 0.5) is 16.2 Å². The van der Waals surface area contributed by atoms with E-state index in [1.165, 1.54) is 6.08 Å². The molecular weight excluding hydrogens is 310 g/mol. The van der Waals surface area contributed by atoms with E-state index in [1.807, 2.05) is 6.07 Å². The van der Waals surface area contributed by atoms with Gasteiger partial charge in [-0.3, -0.25) is 4.79 Å². The molecule has 2 aromatic rings. The first-order chi connectivity index (χ1) is 11.6. The van der Waals surface area contributed by atoms with E-state index >= 15 is 0 Å². The van der Waals surface area contributed by atoms with Gasteiger partial charge in [-0.25, -0.2) is 4.79 Å². The Morgan fingerprint density at radius 3 is 2.33 bits per heavy atom. The number of nitrogens with one attached hydrogen (secondary N) is 2. The Kier molecular flexibility index (Phi) is 4.33. The lowest BCUT2D eigenvalue weighted by atomic mass is 10.2. The number of ether oxygens (including phenoxy) is 2. The van der Waals surface area contributed by atoms with Gasteiger partial charge in [-0.1, -0.05) is 6.07 Å². The second-order valence-electron chi connectivity index (χ2n) is 5.00. The van der Waals surface area contributed by atoms with Crippen LogP contribution in [0.15, 0.2) is 48.5 Å². The monoisotopic (exact) mass is 325 g/mol. The molecule has 2 aromatic carbocycles. The first kappa shape index (κ1) is 15.4. The van der Waals surface area contributed by atoms with Crippen LogP contribution in [0.1, 0.15) is 5.56 Å². The smallest absolute Gasteiger partial charge is 0.316 e. The van der Waals surface area contributed by atoms with E-state index < -0.39 is 6.03 Å². The van der Waals surface area contributed by atoms with E-state index in [2.05, 4.69) is 10.6 Å². The molecule has 24 heavy (non-hydrogen) atoms. The van der Waals surface area contributed by atoms with Gasteiger partial charge in [0.15, 0.2) is 11.5 Å². The summed E-state index contributed by atoms with van der Waals surface area (Å²) < 4.78 is 10.5. The molecule has 0 unspecified atom stereocenters. The van der Waals surface area contributed by atoms with Crippen LogP contribution >= 0.6 is 0 Å². The van der Waals surface area contributed by atoms with Gasteiger partial charge in [0.2, 0.25) is 12.7 Å². The Labute approximate surface area is 138 Å². The minimum absolute atomic E-state index is 0.212. The van der Waals surface area contributed by atoms with Crippen molar-refractivity contribution in [1.82, 2.24) is 0 Å². The van der Waals surface area contributed by atoms with Crippen LogP contribution in [0, 0.1) is 0 Å². The van der Waals surface area contributed by atoms with Crippen molar-refractivity contribution in [1.29, 1.82) is 0 Å². The number of primary amides is 1. The number of nitrogens with two attached hydrogens (primary N) is 1. The number of rotatable bonds is 4. The summed E-state index contributed by atoms with van der Waals surface area (Å²) in [7, 11) is 0. The number of hydrogen-bond donors (Lipinski definition) is 3. The van der Waals surface area contributed by atoms with Crippen LogP contribution in [0.25, 0.3) is 6.08 Å². The Bertz CT molecular complexity index is 800. The molecule has 1 aliphatic heterocycles. The summed E-state index contributed by atoms with van der Waals surface area (Å²) in [5.74, 6) is 1.08. The number of benzene rings is 2. The molecule has 0 radical (unpaired) electrons. The molecule has 0 aromatic heterocycles. The molecule has 122 valence electrons. The predicted molar refractivity (Wildman–Crippen MR) is 89.9 cm³/mol. The van der Waals surface area contributed by atoms with Crippen molar-refractivity contribution in [3.8, 4) is 11.5 Å². The minimum Gasteiger partial charge on any atom is -0.454 e. The maximum atomic E-state index is 11.9. The van der Waals surface area contributed by atoms with Crippen molar-refractivity contribution >= 4 is 29.4 Å². The number of urea groups is 1. The van der Waals surface area contributed by atoms with Crippen molar-refractivity contribution in [3.63, 3.8) is 0 Å². The number of carbonyl (C=O) groups excluding carboxylic acids is 2. The van der Waals surface area contributed by atoms with Crippen LogP contribution < -0.4 is 25.8 Å². The number of fused-ring (bicyclic) bond motifs is 1. The summed E-state index contributed by atoms with van der Waals surface area (Å²) in [6.07, 6.45) is 3.10. The summed E-state index contributed by atoms with van der Waals surface area (Å²) in [6.45, 7) is 0.212. The van der Waals surface area contributed by atoms with E-state index in [1.54, 1.807) is 42.5 Å². The predicted octanol–water partition coefficient (Wildman–Crippen LogP) is 2.56. The first-order valence-electron chi connectivity index (χ1n) is 7.15. The van der Waals surface area contributed by atoms with Crippen molar-refractivity contribution in [2.24, 2.45) is 5.73 Å². The van der Waals surface area contributed by atoms with E-state index in [-0.39, 0.29) is 12.7 Å². The molecule has 4 N–H and O–H groups in total. The van der Waals surface area contributed by atoms with Gasteiger partial charge in [0.1, 0.15) is 0 Å². The summed E-state index contributed by atoms with van der Waals surface area (Å²) in [5, 5.41) is 5.16. The van der Waals surface area contributed by atoms with E-state index in [0.717, 1.165) is 5.56 Å². The maximum absolute atomic E-state index is 11.9. The van der Waals surface area contributed by atoms with Crippen molar-refractivity contribution in [3.05, 3.63) is 54.1 Å². The third-order valence-electron chi connectivity index (χ3n) is 3.24. The second kappa shape index (κ2) is 6.74. The molecule has 3 amide bonds. The topological polar surface area (TPSA) is 103 Å². The van der Waals surface area contributed by atoms with E-state index in [4.69, 9.17) is 15.2 Å². The van der Waals surface area contributed by atoms with Gasteiger partial charge in [-0.15, -0.1) is 0 Å². The zero-order valence-corrected chi connectivity index (χ0v) is 12.6. The van der Waals surface area contributed by atoms with Gasteiger partial charge in [0.25, 0.3) is 0 Å². The minimum atomic E-state index is -0.640. The van der Waals surface area contributed by atoms with Crippen LogP contribution in [-0.4, -0.2) is 18.7 Å². The number of hydrogen-bond acceptors (Lipinski definition) is 4. The molecule has 0 fully saturated rings. The SMILES string of the molecule is NC(=O)Nc1ccc(NC(=O)/C=C/c2ccc3c(c2)OCO3)cc1. The van der Waals surface area contributed by atoms with Crippen LogP contribution in [-0.2, 0) is 4.79 Å². The largest absolute Gasteiger partial charge is 0.454 e. The molecule has 1 heterocycles. The molecule has 3 rings (SSSR count). The van der Waals surface area contributed by atoms with Gasteiger partial charge in [0, 0.05) is 17.5 Å². The third-order valence-corrected chi connectivity index (χ3v) is 3.24. The Balaban J connectivity index is 1.59. The molecule has 1 aliphatic rings. The maximum Gasteiger partial charge on any atom is 0.316 e. The van der Waals surface area contributed by atoms with Gasteiger partial charge < -0.3 is 25.8 Å². The molecule has 0 atom stereocenters. The highest BCUT2D eigenvalue weighted by molar-refractivity contribution is 6.02. The zero-order chi connectivity index (χ0) is 16.9. The van der Waals surface area contributed by atoms with Crippen LogP contribution in [0.5, 0.6) is 11.5 Å². The molecule has 0 spiro atoms. The van der Waals surface area contributed by atoms with E-state index in [9.17, 15) is 9.59 Å². The fourth-order valence-electron chi connectivity index (χ4n) is 2.15. The average molecular weight is 325 g/mol. The normalized spacial score (nSPS) is 12.2. The molecule has 7 heteroatoms. The quantitative estimate of drug-likeness (QED) is 0.752. The van der Waals surface area contributed by atoms with Gasteiger partial charge in [-0.05, 0) is 48.0 Å². The molecule has 7 nitrogen and oxygen atoms in total. The van der Waals surface area contributed by atoms with E-state index in [0.29, 0.717) is 22.9 Å². The Hall–Kier alpha value is -3.48. The number of amides is 3.